The van der Waals surface area contributed by atoms with Gasteiger partial charge in [0.1, 0.15) is 0 Å². The van der Waals surface area contributed by atoms with Gasteiger partial charge in [0.15, 0.2) is 0 Å². The fourth-order valence-corrected chi connectivity index (χ4v) is 2.89. The average molecular weight is 260 g/mol. The Labute approximate surface area is 120 Å². The smallest absolute Gasteiger partial charge is 0.0129 e. The van der Waals surface area contributed by atoms with E-state index in [0.717, 1.165) is 6.42 Å². The van der Waals surface area contributed by atoms with Gasteiger partial charge in [0.25, 0.3) is 0 Å². The van der Waals surface area contributed by atoms with E-state index in [2.05, 4.69) is 74.4 Å². The first-order valence-corrected chi connectivity index (χ1v) is 7.56. The summed E-state index contributed by atoms with van der Waals surface area (Å²) in [5, 5.41) is 0. The van der Waals surface area contributed by atoms with Crippen molar-refractivity contribution in [2.24, 2.45) is 5.41 Å². The fraction of sp³-hybridized carbons (Fsp3) is 0.684. The van der Waals surface area contributed by atoms with Crippen LogP contribution in [0.1, 0.15) is 83.6 Å². The molecule has 0 saturated carbocycles. The van der Waals surface area contributed by atoms with Crippen molar-refractivity contribution >= 4 is 0 Å². The quantitative estimate of drug-likeness (QED) is 0.611. The molecule has 0 heteroatoms. The Hall–Kier alpha value is -0.780. The summed E-state index contributed by atoms with van der Waals surface area (Å²) in [4.78, 5) is 0. The highest BCUT2D eigenvalue weighted by Gasteiger charge is 2.21. The van der Waals surface area contributed by atoms with Gasteiger partial charge in [0.05, 0.1) is 0 Å². The lowest BCUT2D eigenvalue weighted by molar-refractivity contribution is 0.410. The van der Waals surface area contributed by atoms with Crippen LogP contribution < -0.4 is 0 Å². The third-order valence-electron chi connectivity index (χ3n) is 3.67. The van der Waals surface area contributed by atoms with E-state index in [4.69, 9.17) is 0 Å². The molecule has 0 aliphatic rings. The molecule has 0 aromatic heterocycles. The van der Waals surface area contributed by atoms with E-state index < -0.39 is 0 Å². The average Bonchev–Trinajstić information content (AvgIpc) is 2.16. The molecule has 0 amide bonds. The fourth-order valence-electron chi connectivity index (χ4n) is 2.89. The Morgan fingerprint density at radius 1 is 0.947 bits per heavy atom. The minimum Gasteiger partial charge on any atom is -0.0599 e. The molecule has 0 nitrogen and oxygen atoms in total. The summed E-state index contributed by atoms with van der Waals surface area (Å²) in [7, 11) is 0. The molecule has 0 N–H and O–H groups in total. The summed E-state index contributed by atoms with van der Waals surface area (Å²) < 4.78 is 0. The monoisotopic (exact) mass is 260 g/mol. The first kappa shape index (κ1) is 16.3. The molecule has 0 aliphatic heterocycles. The highest BCUT2D eigenvalue weighted by atomic mass is 14.3. The first-order valence-electron chi connectivity index (χ1n) is 7.56. The van der Waals surface area contributed by atoms with Gasteiger partial charge in [-0.25, -0.2) is 0 Å². The minimum absolute atomic E-state index is 0.224. The Morgan fingerprint density at radius 2 is 1.47 bits per heavy atom. The molecular formula is C19H32. The van der Waals surface area contributed by atoms with Gasteiger partial charge < -0.3 is 0 Å². The third-order valence-corrected chi connectivity index (χ3v) is 3.67. The van der Waals surface area contributed by atoms with Gasteiger partial charge in [0.2, 0.25) is 0 Å². The van der Waals surface area contributed by atoms with Crippen molar-refractivity contribution in [1.82, 2.24) is 0 Å². The van der Waals surface area contributed by atoms with Crippen LogP contribution in [-0.4, -0.2) is 0 Å². The van der Waals surface area contributed by atoms with Gasteiger partial charge in [-0.15, -0.1) is 0 Å². The molecule has 108 valence electrons. The van der Waals surface area contributed by atoms with E-state index >= 15 is 0 Å². The van der Waals surface area contributed by atoms with Crippen molar-refractivity contribution in [3.8, 4) is 0 Å². The van der Waals surface area contributed by atoms with E-state index in [1.807, 2.05) is 0 Å². The summed E-state index contributed by atoms with van der Waals surface area (Å²) in [6.07, 6.45) is 1.15. The maximum atomic E-state index is 2.44. The second-order valence-corrected chi connectivity index (χ2v) is 8.50. The Balaban J connectivity index is 3.40. The Bertz CT molecular complexity index is 436. The van der Waals surface area contributed by atoms with Crippen LogP contribution in [0.5, 0.6) is 0 Å². The van der Waals surface area contributed by atoms with Crippen molar-refractivity contribution < 1.29 is 0 Å². The van der Waals surface area contributed by atoms with Crippen LogP contribution in [0.25, 0.3) is 0 Å². The standard InChI is InChI=1S/C19H32/c1-13(2)16-10-15(12-18(4,5)6)11-17(14(16)3)19(7,8)9/h10-11,13H,12H2,1-9H3. The van der Waals surface area contributed by atoms with Crippen LogP contribution in [0.4, 0.5) is 0 Å². The van der Waals surface area contributed by atoms with Crippen LogP contribution in [0.3, 0.4) is 0 Å². The molecule has 0 atom stereocenters. The maximum Gasteiger partial charge on any atom is -0.0129 e. The lowest BCUT2D eigenvalue weighted by atomic mass is 9.77. The molecule has 19 heavy (non-hydrogen) atoms. The SMILES string of the molecule is Cc1c(C(C)C)cc(CC(C)(C)C)cc1C(C)(C)C. The zero-order valence-electron chi connectivity index (χ0n) is 14.4. The second-order valence-electron chi connectivity index (χ2n) is 8.50. The maximum absolute atomic E-state index is 2.44. The van der Waals surface area contributed by atoms with E-state index in [0.29, 0.717) is 11.3 Å². The van der Waals surface area contributed by atoms with Crippen LogP contribution >= 0.6 is 0 Å². The number of benzene rings is 1. The lowest BCUT2D eigenvalue weighted by Crippen LogP contribution is -2.17. The molecule has 0 saturated heterocycles. The van der Waals surface area contributed by atoms with Crippen LogP contribution in [0.15, 0.2) is 12.1 Å². The zero-order valence-corrected chi connectivity index (χ0v) is 14.4. The topological polar surface area (TPSA) is 0 Å². The van der Waals surface area contributed by atoms with Crippen LogP contribution in [0, 0.1) is 12.3 Å². The van der Waals surface area contributed by atoms with Crippen molar-refractivity contribution in [3.63, 3.8) is 0 Å². The predicted molar refractivity (Wildman–Crippen MR) is 87.1 cm³/mol. The summed E-state index contributed by atoms with van der Waals surface area (Å²) in [5.41, 5.74) is 6.58. The van der Waals surface area contributed by atoms with Gasteiger partial charge >= 0.3 is 0 Å². The molecule has 0 heterocycles. The molecule has 0 aliphatic carbocycles. The van der Waals surface area contributed by atoms with Crippen molar-refractivity contribution in [1.29, 1.82) is 0 Å². The predicted octanol–water partition coefficient (Wildman–Crippen LogP) is 6.00. The first-order chi connectivity index (χ1) is 8.42. The molecule has 0 bridgehead atoms. The van der Waals surface area contributed by atoms with Gasteiger partial charge in [-0.2, -0.15) is 0 Å². The second kappa shape index (κ2) is 5.31. The molecule has 0 spiro atoms. The van der Waals surface area contributed by atoms with Crippen molar-refractivity contribution in [3.05, 3.63) is 34.4 Å². The number of hydrogen-bond donors (Lipinski definition) is 0. The van der Waals surface area contributed by atoms with Crippen molar-refractivity contribution in [2.75, 3.05) is 0 Å². The molecule has 0 radical (unpaired) electrons. The third kappa shape index (κ3) is 4.37. The largest absolute Gasteiger partial charge is 0.0599 e. The molecular weight excluding hydrogens is 228 g/mol. The molecule has 0 fully saturated rings. The van der Waals surface area contributed by atoms with Gasteiger partial charge in [-0.1, -0.05) is 67.5 Å². The lowest BCUT2D eigenvalue weighted by Gasteiger charge is -2.28. The number of hydrogen-bond acceptors (Lipinski definition) is 0. The molecule has 1 aromatic rings. The van der Waals surface area contributed by atoms with Gasteiger partial charge in [-0.05, 0) is 52.3 Å². The molecule has 0 unspecified atom stereocenters. The Morgan fingerprint density at radius 3 is 1.84 bits per heavy atom. The van der Waals surface area contributed by atoms with Crippen LogP contribution in [-0.2, 0) is 11.8 Å². The normalized spacial score (nSPS) is 13.2. The summed E-state index contributed by atoms with van der Waals surface area (Å²) in [6.45, 7) is 20.8. The molecule has 1 rings (SSSR count). The van der Waals surface area contributed by atoms with E-state index in [9.17, 15) is 0 Å². The van der Waals surface area contributed by atoms with Gasteiger partial charge in [0, 0.05) is 0 Å². The zero-order chi connectivity index (χ0) is 15.0. The van der Waals surface area contributed by atoms with Crippen LogP contribution in [0.2, 0.25) is 0 Å². The summed E-state index contributed by atoms with van der Waals surface area (Å²) >= 11 is 0. The summed E-state index contributed by atoms with van der Waals surface area (Å²) in [5.74, 6) is 0.598. The van der Waals surface area contributed by atoms with E-state index in [1.165, 1.54) is 22.3 Å². The molecule has 1 aromatic carbocycles. The van der Waals surface area contributed by atoms with Crippen molar-refractivity contribution in [2.45, 2.75) is 80.1 Å². The highest BCUT2D eigenvalue weighted by Crippen LogP contribution is 2.33. The van der Waals surface area contributed by atoms with Gasteiger partial charge in [-0.3, -0.25) is 0 Å². The van der Waals surface area contributed by atoms with E-state index in [1.54, 1.807) is 0 Å². The summed E-state index contributed by atoms with van der Waals surface area (Å²) in [6, 6.07) is 4.87. The Kier molecular flexibility index (Phi) is 4.55. The number of rotatable bonds is 2. The van der Waals surface area contributed by atoms with E-state index in [-0.39, 0.29) is 5.41 Å². The minimum atomic E-state index is 0.224. The highest BCUT2D eigenvalue weighted by molar-refractivity contribution is 5.43.